The van der Waals surface area contributed by atoms with Crippen molar-refractivity contribution < 1.29 is 20.7 Å². The van der Waals surface area contributed by atoms with E-state index in [1.807, 2.05) is 6.07 Å². The van der Waals surface area contributed by atoms with E-state index in [9.17, 15) is 4.39 Å². The molecule has 1 aliphatic heterocycles. The first-order chi connectivity index (χ1) is 8.27. The van der Waals surface area contributed by atoms with Crippen molar-refractivity contribution in [3.63, 3.8) is 0 Å². The molecule has 0 bridgehead atoms. The molecule has 0 amide bonds. The number of hydrogen-bond donors (Lipinski definition) is 0. The van der Waals surface area contributed by atoms with Crippen LogP contribution in [0.25, 0.3) is 0 Å². The number of hydrogen-bond acceptors (Lipinski definition) is 1. The predicted octanol–water partition coefficient (Wildman–Crippen LogP) is 3.84. The topological polar surface area (TPSA) is 3.24 Å². The monoisotopic (exact) mass is 349 g/mol. The molecule has 1 unspecified atom stereocenters. The van der Waals surface area contributed by atoms with Gasteiger partial charge in [0.1, 0.15) is 0 Å². The van der Waals surface area contributed by atoms with E-state index in [4.69, 9.17) is 0 Å². The average Bonchev–Trinajstić information content (AvgIpc) is 2.37. The number of halogens is 2. The Morgan fingerprint density at radius 2 is 2.29 bits per heavy atom. The zero-order valence-corrected chi connectivity index (χ0v) is 14.8. The molecule has 1 atom stereocenters. The number of nitrogens with zero attached hydrogens (tertiary/aromatic N) is 1. The van der Waals surface area contributed by atoms with Gasteiger partial charge >= 0.3 is 30.0 Å². The van der Waals surface area contributed by atoms with Gasteiger partial charge in [-0.2, -0.15) is 18.2 Å². The van der Waals surface area contributed by atoms with E-state index in [2.05, 4.69) is 31.5 Å². The van der Waals surface area contributed by atoms with Gasteiger partial charge in [-0.25, -0.2) is 0 Å². The van der Waals surface area contributed by atoms with E-state index in [1.54, 1.807) is 6.07 Å². The van der Waals surface area contributed by atoms with Crippen LogP contribution in [0.5, 0.6) is 0 Å². The Hall–Kier alpha value is 0.213. The van der Waals surface area contributed by atoms with Crippen molar-refractivity contribution in [2.75, 3.05) is 6.54 Å². The van der Waals surface area contributed by atoms with Crippen LogP contribution in [-0.2, 0) is 22.9 Å². The van der Waals surface area contributed by atoms with Crippen molar-refractivity contribution in [1.29, 1.82) is 0 Å². The minimum atomic E-state index is -0.129. The van der Waals surface area contributed by atoms with Crippen LogP contribution < -0.4 is 0 Å². The Balaban J connectivity index is 0.000000686. The van der Waals surface area contributed by atoms with E-state index < -0.39 is 0 Å². The van der Waals surface area contributed by atoms with Crippen LogP contribution in [0.1, 0.15) is 31.7 Å². The summed E-state index contributed by atoms with van der Waals surface area (Å²) in [5.74, 6) is -0.129. The fraction of sp³-hybridized carbons (Fsp3) is 0.538. The van der Waals surface area contributed by atoms with Gasteiger partial charge in [0, 0.05) is 18.4 Å². The number of piperidine rings is 1. The molecule has 0 radical (unpaired) electrons. The first-order valence-electron chi connectivity index (χ1n) is 5.92. The standard InChI is InChI=1S/C13H17FN.BrH.Zn/c1-11-6-4-5-9-15(11)10-12-7-2-3-8-13(12)14;;/h2,7-8,11H,4-6,9-10H2,1H3;1H;/q-1;;+2/p-1. The van der Waals surface area contributed by atoms with Crippen molar-refractivity contribution in [3.8, 4) is 0 Å². The molecule has 17 heavy (non-hydrogen) atoms. The van der Waals surface area contributed by atoms with Crippen LogP contribution in [0.4, 0.5) is 4.39 Å². The van der Waals surface area contributed by atoms with Crippen LogP contribution in [0.15, 0.2) is 18.2 Å². The van der Waals surface area contributed by atoms with E-state index in [-0.39, 0.29) is 5.82 Å². The fourth-order valence-electron chi connectivity index (χ4n) is 2.18. The van der Waals surface area contributed by atoms with Crippen LogP contribution in [-0.4, -0.2) is 17.5 Å². The molecule has 1 fully saturated rings. The second-order valence-corrected chi connectivity index (χ2v) is 4.33. The predicted molar refractivity (Wildman–Crippen MR) is 67.9 cm³/mol. The summed E-state index contributed by atoms with van der Waals surface area (Å²) >= 11 is 4.25. The summed E-state index contributed by atoms with van der Waals surface area (Å²) in [5, 5.41) is 0. The van der Waals surface area contributed by atoms with E-state index in [0.717, 1.165) is 18.7 Å². The Bertz CT molecular complexity index is 335. The van der Waals surface area contributed by atoms with Crippen LogP contribution in [0.3, 0.4) is 0 Å². The summed E-state index contributed by atoms with van der Waals surface area (Å²) in [5.41, 5.74) is 0.794. The zero-order chi connectivity index (χ0) is 12.7. The second-order valence-electron chi connectivity index (χ2n) is 4.33. The Morgan fingerprint density at radius 1 is 1.53 bits per heavy atom. The normalized spacial score (nSPS) is 20.6. The maximum absolute atomic E-state index is 13.4. The Morgan fingerprint density at radius 3 is 2.94 bits per heavy atom. The average molecular weight is 352 g/mol. The molecule has 0 N–H and O–H groups in total. The van der Waals surface area contributed by atoms with Crippen molar-refractivity contribution >= 4 is 13.6 Å². The summed E-state index contributed by atoms with van der Waals surface area (Å²) in [7, 11) is 0. The molecule has 2 rings (SSSR count). The Labute approximate surface area is 120 Å². The summed E-state index contributed by atoms with van der Waals surface area (Å²) in [6.45, 7) is 4.06. The molecule has 90 valence electrons. The second kappa shape index (κ2) is 8.34. The number of rotatable bonds is 2. The molecule has 0 aromatic heterocycles. The molecule has 0 spiro atoms. The molecule has 1 saturated heterocycles. The van der Waals surface area contributed by atoms with Crippen molar-refractivity contribution in [2.45, 2.75) is 38.8 Å². The third-order valence-electron chi connectivity index (χ3n) is 3.21. The molecule has 0 aliphatic carbocycles. The van der Waals surface area contributed by atoms with Gasteiger partial charge < -0.3 is 0 Å². The molecular formula is C13H17BrFNZn. The van der Waals surface area contributed by atoms with Gasteiger partial charge in [0.2, 0.25) is 0 Å². The molecule has 1 aromatic carbocycles. The number of benzene rings is 1. The molecule has 0 saturated carbocycles. The van der Waals surface area contributed by atoms with Crippen molar-refractivity contribution in [3.05, 3.63) is 35.6 Å². The summed E-state index contributed by atoms with van der Waals surface area (Å²) in [6.07, 6.45) is 3.79. The third-order valence-corrected chi connectivity index (χ3v) is 3.21. The van der Waals surface area contributed by atoms with Crippen molar-refractivity contribution in [2.24, 2.45) is 0 Å². The van der Waals surface area contributed by atoms with Crippen LogP contribution in [0, 0.1) is 11.9 Å². The van der Waals surface area contributed by atoms with Gasteiger partial charge in [-0.3, -0.25) is 9.29 Å². The van der Waals surface area contributed by atoms with Gasteiger partial charge in [-0.15, -0.1) is 11.6 Å². The quantitative estimate of drug-likeness (QED) is 0.578. The van der Waals surface area contributed by atoms with Gasteiger partial charge in [-0.05, 0) is 26.3 Å². The molecular weight excluding hydrogens is 334 g/mol. The first kappa shape index (κ1) is 15.3. The van der Waals surface area contributed by atoms with Crippen LogP contribution in [0.2, 0.25) is 0 Å². The minimum absolute atomic E-state index is 0.129. The molecule has 4 heteroatoms. The summed E-state index contributed by atoms with van der Waals surface area (Å²) < 4.78 is 13.4. The SMILES string of the molecule is CC1CCCCN1Cc1cc[c-]cc1F.[Zn+][Br]. The molecule has 1 aliphatic rings. The van der Waals surface area contributed by atoms with Gasteiger partial charge in [0.05, 0.1) is 0 Å². The number of likely N-dealkylation sites (tertiary alicyclic amines) is 1. The van der Waals surface area contributed by atoms with Gasteiger partial charge in [0.15, 0.2) is 0 Å². The fourth-order valence-corrected chi connectivity index (χ4v) is 2.18. The summed E-state index contributed by atoms with van der Waals surface area (Å²) in [6, 6.07) is 8.38. The van der Waals surface area contributed by atoms with Gasteiger partial charge in [-0.1, -0.05) is 6.42 Å². The molecule has 1 heterocycles. The molecule has 1 aromatic rings. The van der Waals surface area contributed by atoms with E-state index in [1.165, 1.54) is 41.7 Å². The van der Waals surface area contributed by atoms with E-state index >= 15 is 0 Å². The maximum atomic E-state index is 13.4. The van der Waals surface area contributed by atoms with E-state index in [0.29, 0.717) is 6.04 Å². The first-order valence-corrected chi connectivity index (χ1v) is 12.9. The zero-order valence-electron chi connectivity index (χ0n) is 10.3. The Kier molecular flexibility index (Phi) is 7.49. The summed E-state index contributed by atoms with van der Waals surface area (Å²) in [4.78, 5) is 2.36. The van der Waals surface area contributed by atoms with Crippen LogP contribution >= 0.6 is 13.6 Å². The van der Waals surface area contributed by atoms with Crippen molar-refractivity contribution in [1.82, 2.24) is 4.90 Å². The third kappa shape index (κ3) is 4.77. The van der Waals surface area contributed by atoms with Gasteiger partial charge in [0.25, 0.3) is 0 Å². The molecule has 1 nitrogen and oxygen atoms in total.